The number of aromatic nitrogens is 6. The third kappa shape index (κ3) is 6.84. The SMILES string of the molecule is O=C(Nc1ccc(-n2nc3c(S(=O)(=O)O)c(O)c4ccccc4c3n2)c(S(=O)(=O)O)c1)Nc1ccc(-n2nc3c(S(=O)(=O)O)c(O)c4ccccc4c3n2)c(S(=O)(=O)O)c1. The Bertz CT molecular complexity index is 3430. The summed E-state index contributed by atoms with van der Waals surface area (Å²) >= 11 is 0. The Hall–Kier alpha value is -6.85. The summed E-state index contributed by atoms with van der Waals surface area (Å²) in [7, 11) is -20.6. The molecule has 0 aliphatic carbocycles. The van der Waals surface area contributed by atoms with Crippen molar-refractivity contribution >= 4 is 101 Å². The van der Waals surface area contributed by atoms with E-state index in [0.29, 0.717) is 9.59 Å². The summed E-state index contributed by atoms with van der Waals surface area (Å²) in [5, 5.41) is 42.5. The van der Waals surface area contributed by atoms with Crippen molar-refractivity contribution in [2.24, 2.45) is 0 Å². The molecule has 0 radical (unpaired) electrons. The van der Waals surface area contributed by atoms with Gasteiger partial charge in [-0.05, 0) is 36.4 Å². The number of anilines is 2. The summed E-state index contributed by atoms with van der Waals surface area (Å²) in [4.78, 5) is 10.5. The molecule has 8 rings (SSSR count). The zero-order valence-corrected chi connectivity index (χ0v) is 32.5. The Labute approximate surface area is 335 Å². The van der Waals surface area contributed by atoms with Crippen LogP contribution in [0.2, 0.25) is 0 Å². The quantitative estimate of drug-likeness (QED) is 0.101. The number of carbonyl (C=O) groups is 1. The number of aromatic hydroxyl groups is 2. The fraction of sp³-hybridized carbons (Fsp3) is 0. The molecule has 308 valence electrons. The molecular weight excluding hydrogens is 877 g/mol. The number of amides is 2. The van der Waals surface area contributed by atoms with Crippen molar-refractivity contribution in [1.82, 2.24) is 30.0 Å². The molecule has 2 heterocycles. The first-order chi connectivity index (χ1) is 28.0. The third-order valence-electron chi connectivity index (χ3n) is 8.90. The molecule has 0 saturated carbocycles. The largest absolute Gasteiger partial charge is 0.506 e. The van der Waals surface area contributed by atoms with E-state index in [0.717, 1.165) is 36.4 Å². The topological polar surface area (TPSA) is 360 Å². The monoisotopic (exact) mass is 898 g/mol. The standard InChI is InChI=1S/C33H22N8O15S4/c42-29-19-7-3-1-5-17(19)25-27(31(29)59(51,52)53)38-40(36-25)21-11-9-15(13-23(21)57(45,46)47)34-33(44)35-16-10-12-22(24(14-16)58(48,49)50)41-37-26-18-6-2-4-8-20(18)30(43)32(28(26)39-41)60(54,55)56/h1-14,42-43H,(H2,34,35,44)(H,45,46,47)(H,48,49,50)(H,51,52,53)(H,54,55,56). The van der Waals surface area contributed by atoms with Crippen LogP contribution in [-0.4, -0.2) is 98.1 Å². The van der Waals surface area contributed by atoms with Crippen LogP contribution in [-0.2, 0) is 40.5 Å². The maximum atomic E-state index is 13.1. The average Bonchev–Trinajstić information content (AvgIpc) is 3.79. The lowest BCUT2D eigenvalue weighted by molar-refractivity contribution is 0.262. The lowest BCUT2D eigenvalue weighted by atomic mass is 10.1. The minimum absolute atomic E-state index is 0.0423. The van der Waals surface area contributed by atoms with Gasteiger partial charge in [0.25, 0.3) is 20.2 Å². The molecule has 2 aromatic heterocycles. The minimum atomic E-state index is -5.17. The number of phenols is 2. The van der Waals surface area contributed by atoms with Crippen molar-refractivity contribution in [3.8, 4) is 22.9 Å². The number of nitrogens with zero attached hydrogens (tertiary/aromatic N) is 6. The Kier molecular flexibility index (Phi) is 9.06. The second-order valence-corrected chi connectivity index (χ2v) is 18.2. The van der Waals surface area contributed by atoms with Crippen molar-refractivity contribution < 1.29 is 66.9 Å². The molecule has 0 saturated heterocycles. The second-order valence-electron chi connectivity index (χ2n) is 12.7. The van der Waals surface area contributed by atoms with Gasteiger partial charge < -0.3 is 20.8 Å². The fourth-order valence-corrected chi connectivity index (χ4v) is 9.32. The van der Waals surface area contributed by atoms with E-state index in [1.807, 2.05) is 0 Å². The molecule has 0 unspecified atom stereocenters. The van der Waals surface area contributed by atoms with E-state index in [-0.39, 0.29) is 44.0 Å². The Balaban J connectivity index is 1.14. The van der Waals surface area contributed by atoms with Crippen LogP contribution in [0.4, 0.5) is 16.2 Å². The van der Waals surface area contributed by atoms with Gasteiger partial charge in [-0.15, -0.1) is 30.0 Å². The fourth-order valence-electron chi connectivity index (χ4n) is 6.47. The van der Waals surface area contributed by atoms with Crippen LogP contribution < -0.4 is 10.6 Å². The number of hydrogen-bond donors (Lipinski definition) is 8. The molecule has 0 bridgehead atoms. The average molecular weight is 899 g/mol. The molecule has 27 heteroatoms. The third-order valence-corrected chi connectivity index (χ3v) is 12.5. The molecule has 60 heavy (non-hydrogen) atoms. The number of urea groups is 1. The molecule has 0 spiro atoms. The summed E-state index contributed by atoms with van der Waals surface area (Å²) in [5.74, 6) is -1.72. The van der Waals surface area contributed by atoms with E-state index in [2.05, 4.69) is 31.0 Å². The van der Waals surface area contributed by atoms with E-state index in [9.17, 15) is 66.9 Å². The summed E-state index contributed by atoms with van der Waals surface area (Å²) in [5.41, 5.74) is -3.06. The maximum absolute atomic E-state index is 13.1. The summed E-state index contributed by atoms with van der Waals surface area (Å²) in [6.07, 6.45) is 0. The normalized spacial score (nSPS) is 12.7. The molecule has 2 amide bonds. The van der Waals surface area contributed by atoms with Crippen LogP contribution >= 0.6 is 0 Å². The number of fused-ring (bicyclic) bond motifs is 6. The molecule has 8 N–H and O–H groups in total. The summed E-state index contributed by atoms with van der Waals surface area (Å²) in [6, 6.07) is 16.2. The Morgan fingerprint density at radius 1 is 0.467 bits per heavy atom. The number of rotatable bonds is 8. The van der Waals surface area contributed by atoms with E-state index >= 15 is 0 Å². The van der Waals surface area contributed by atoms with Gasteiger partial charge in [0.1, 0.15) is 54.7 Å². The van der Waals surface area contributed by atoms with Gasteiger partial charge in [0.2, 0.25) is 0 Å². The lowest BCUT2D eigenvalue weighted by Gasteiger charge is -2.12. The van der Waals surface area contributed by atoms with Crippen molar-refractivity contribution in [3.05, 3.63) is 84.9 Å². The van der Waals surface area contributed by atoms with Gasteiger partial charge in [-0.3, -0.25) is 18.2 Å². The zero-order chi connectivity index (χ0) is 43.3. The summed E-state index contributed by atoms with van der Waals surface area (Å²) < 4.78 is 140. The molecule has 6 aromatic carbocycles. The first kappa shape index (κ1) is 40.0. The van der Waals surface area contributed by atoms with Gasteiger partial charge in [0.15, 0.2) is 9.79 Å². The van der Waals surface area contributed by atoms with Gasteiger partial charge in [-0.1, -0.05) is 48.5 Å². The van der Waals surface area contributed by atoms with Gasteiger partial charge >= 0.3 is 26.3 Å². The molecule has 0 atom stereocenters. The Morgan fingerprint density at radius 3 is 1.13 bits per heavy atom. The minimum Gasteiger partial charge on any atom is -0.506 e. The predicted octanol–water partition coefficient (Wildman–Crippen LogP) is 3.50. The second kappa shape index (κ2) is 13.6. The van der Waals surface area contributed by atoms with Gasteiger partial charge in [0.05, 0.1) is 0 Å². The van der Waals surface area contributed by atoms with Crippen molar-refractivity contribution in [1.29, 1.82) is 0 Å². The number of phenolic OH excluding ortho intramolecular Hbond substituents is 2. The van der Waals surface area contributed by atoms with E-state index in [1.165, 1.54) is 48.5 Å². The van der Waals surface area contributed by atoms with Crippen LogP contribution in [0.1, 0.15) is 0 Å². The molecule has 8 aromatic rings. The van der Waals surface area contributed by atoms with Crippen LogP contribution in [0.3, 0.4) is 0 Å². The maximum Gasteiger partial charge on any atom is 0.323 e. The Morgan fingerprint density at radius 2 is 0.800 bits per heavy atom. The van der Waals surface area contributed by atoms with Crippen LogP contribution in [0, 0.1) is 0 Å². The lowest BCUT2D eigenvalue weighted by Crippen LogP contribution is -2.20. The predicted molar refractivity (Wildman–Crippen MR) is 208 cm³/mol. The van der Waals surface area contributed by atoms with Crippen LogP contribution in [0.5, 0.6) is 11.5 Å². The number of benzene rings is 6. The zero-order valence-electron chi connectivity index (χ0n) is 29.3. The molecular formula is C33H22N8O15S4. The van der Waals surface area contributed by atoms with Gasteiger partial charge in [0, 0.05) is 32.9 Å². The highest BCUT2D eigenvalue weighted by Crippen LogP contribution is 2.40. The number of hydrogen-bond acceptors (Lipinski definition) is 15. The first-order valence-corrected chi connectivity index (χ1v) is 22.1. The van der Waals surface area contributed by atoms with Crippen molar-refractivity contribution in [2.45, 2.75) is 19.6 Å². The molecule has 0 fully saturated rings. The van der Waals surface area contributed by atoms with Crippen LogP contribution in [0.15, 0.2) is 105 Å². The number of carbonyl (C=O) groups excluding carboxylic acids is 1. The number of nitrogens with one attached hydrogen (secondary N) is 2. The first-order valence-electron chi connectivity index (χ1n) is 16.3. The molecule has 23 nitrogen and oxygen atoms in total. The smallest absolute Gasteiger partial charge is 0.323 e. The van der Waals surface area contributed by atoms with Crippen LogP contribution in [0.25, 0.3) is 55.0 Å². The van der Waals surface area contributed by atoms with E-state index in [1.54, 1.807) is 0 Å². The highest BCUT2D eigenvalue weighted by atomic mass is 32.2. The van der Waals surface area contributed by atoms with Gasteiger partial charge in [-0.25, -0.2) is 4.79 Å². The highest BCUT2D eigenvalue weighted by Gasteiger charge is 2.30. The van der Waals surface area contributed by atoms with Crippen molar-refractivity contribution in [2.75, 3.05) is 10.6 Å². The van der Waals surface area contributed by atoms with E-state index < -0.39 is 100.0 Å². The molecule has 0 aliphatic heterocycles. The molecule has 0 aliphatic rings. The highest BCUT2D eigenvalue weighted by molar-refractivity contribution is 7.86. The van der Waals surface area contributed by atoms with Crippen molar-refractivity contribution in [3.63, 3.8) is 0 Å². The summed E-state index contributed by atoms with van der Waals surface area (Å²) in [6.45, 7) is 0. The van der Waals surface area contributed by atoms with E-state index in [4.69, 9.17) is 0 Å². The van der Waals surface area contributed by atoms with Gasteiger partial charge in [-0.2, -0.15) is 33.7 Å².